The van der Waals surface area contributed by atoms with Gasteiger partial charge in [-0.1, -0.05) is 13.3 Å². The number of rotatable bonds is 5. The Hall–Kier alpha value is -2.12. The minimum Gasteiger partial charge on any atom is -0.371 e. The van der Waals surface area contributed by atoms with E-state index in [9.17, 15) is 4.79 Å². The van der Waals surface area contributed by atoms with Gasteiger partial charge in [-0.15, -0.1) is 0 Å². The van der Waals surface area contributed by atoms with Gasteiger partial charge in [-0.2, -0.15) is 0 Å². The number of nitrogens with one attached hydrogen (secondary N) is 1. The fourth-order valence-corrected chi connectivity index (χ4v) is 4.49. The van der Waals surface area contributed by atoms with E-state index in [-0.39, 0.29) is 6.03 Å². The molecule has 1 amide bonds. The number of aromatic nitrogens is 2. The lowest BCUT2D eigenvalue weighted by Crippen LogP contribution is -2.52. The van der Waals surface area contributed by atoms with Crippen LogP contribution >= 0.6 is 0 Å². The summed E-state index contributed by atoms with van der Waals surface area (Å²) in [4.78, 5) is 24.5. The first-order valence-corrected chi connectivity index (χ1v) is 11.1. The highest BCUT2D eigenvalue weighted by atomic mass is 16.2. The van der Waals surface area contributed by atoms with Gasteiger partial charge in [0.2, 0.25) is 0 Å². The second kappa shape index (κ2) is 9.13. The number of imidazole rings is 1. The molecule has 2 aliphatic rings. The molecule has 7 heteroatoms. The zero-order chi connectivity index (χ0) is 20.2. The van der Waals surface area contributed by atoms with E-state index >= 15 is 0 Å². The van der Waals surface area contributed by atoms with E-state index in [4.69, 9.17) is 0 Å². The summed E-state index contributed by atoms with van der Waals surface area (Å²) in [6, 6.07) is 6.92. The van der Waals surface area contributed by atoms with E-state index in [1.54, 1.807) is 10.9 Å². The normalized spacial score (nSPS) is 19.7. The van der Waals surface area contributed by atoms with Crippen LogP contribution in [0.1, 0.15) is 32.6 Å². The number of hydrogen-bond donors (Lipinski definition) is 1. The Morgan fingerprint density at radius 3 is 2.62 bits per heavy atom. The molecule has 158 valence electrons. The Kier molecular flexibility index (Phi) is 6.35. The van der Waals surface area contributed by atoms with Gasteiger partial charge in [-0.05, 0) is 44.5 Å². The summed E-state index contributed by atoms with van der Waals surface area (Å²) < 4.78 is 1.64. The van der Waals surface area contributed by atoms with Gasteiger partial charge >= 0.3 is 6.03 Å². The number of benzene rings is 1. The number of anilines is 1. The lowest BCUT2D eigenvalue weighted by molar-refractivity contribution is 0.0982. The van der Waals surface area contributed by atoms with E-state index in [1.807, 2.05) is 6.07 Å². The Balaban J connectivity index is 1.41. The highest BCUT2D eigenvalue weighted by Crippen LogP contribution is 2.26. The number of piperazine rings is 1. The second-order valence-corrected chi connectivity index (χ2v) is 8.43. The molecule has 1 N–H and O–H groups in total. The van der Waals surface area contributed by atoms with Gasteiger partial charge in [-0.3, -0.25) is 9.47 Å². The monoisotopic (exact) mass is 398 g/mol. The Morgan fingerprint density at radius 2 is 1.90 bits per heavy atom. The first-order valence-electron chi connectivity index (χ1n) is 11.1. The van der Waals surface area contributed by atoms with Crippen LogP contribution in [0.15, 0.2) is 24.5 Å². The average Bonchev–Trinajstić information content (AvgIpc) is 3.18. The molecule has 2 saturated heterocycles. The van der Waals surface area contributed by atoms with Crippen molar-refractivity contribution >= 4 is 22.8 Å². The van der Waals surface area contributed by atoms with Gasteiger partial charge in [0.15, 0.2) is 0 Å². The summed E-state index contributed by atoms with van der Waals surface area (Å²) >= 11 is 0. The highest BCUT2D eigenvalue weighted by Gasteiger charge is 2.27. The zero-order valence-electron chi connectivity index (χ0n) is 17.8. The molecule has 0 atom stereocenters. The van der Waals surface area contributed by atoms with Crippen LogP contribution in [0.3, 0.4) is 0 Å². The zero-order valence-corrected chi connectivity index (χ0v) is 17.8. The van der Waals surface area contributed by atoms with Crippen LogP contribution in [0.25, 0.3) is 11.0 Å². The van der Waals surface area contributed by atoms with Crippen molar-refractivity contribution in [2.24, 2.45) is 0 Å². The van der Waals surface area contributed by atoms with E-state index in [0.717, 1.165) is 37.0 Å². The van der Waals surface area contributed by atoms with E-state index in [0.29, 0.717) is 12.6 Å². The Morgan fingerprint density at radius 1 is 1.14 bits per heavy atom. The molecule has 2 aliphatic heterocycles. The molecule has 0 radical (unpaired) electrons. The van der Waals surface area contributed by atoms with Gasteiger partial charge in [0.05, 0.1) is 11.0 Å². The maximum Gasteiger partial charge on any atom is 0.327 e. The molecule has 0 unspecified atom stereocenters. The highest BCUT2D eigenvalue weighted by molar-refractivity contribution is 5.90. The van der Waals surface area contributed by atoms with Crippen molar-refractivity contribution in [3.8, 4) is 0 Å². The quantitative estimate of drug-likeness (QED) is 0.785. The van der Waals surface area contributed by atoms with Crippen LogP contribution in [0.4, 0.5) is 10.5 Å². The van der Waals surface area contributed by atoms with Gasteiger partial charge in [0.1, 0.15) is 6.33 Å². The molecule has 3 heterocycles. The van der Waals surface area contributed by atoms with Gasteiger partial charge in [-0.25, -0.2) is 9.78 Å². The molecule has 1 aromatic heterocycles. The first kappa shape index (κ1) is 20.2. The van der Waals surface area contributed by atoms with Gasteiger partial charge in [0, 0.05) is 57.5 Å². The predicted molar refractivity (Wildman–Crippen MR) is 118 cm³/mol. The summed E-state index contributed by atoms with van der Waals surface area (Å²) in [5.74, 6) is 0. The molecule has 0 bridgehead atoms. The van der Waals surface area contributed by atoms with Crippen molar-refractivity contribution in [2.75, 3.05) is 57.8 Å². The van der Waals surface area contributed by atoms with E-state index < -0.39 is 0 Å². The maximum absolute atomic E-state index is 12.5. The number of carbonyl (C=O) groups is 1. The first-order chi connectivity index (χ1) is 14.2. The summed E-state index contributed by atoms with van der Waals surface area (Å²) in [6.45, 7) is 9.71. The molecule has 0 aliphatic carbocycles. The van der Waals surface area contributed by atoms with E-state index in [1.165, 1.54) is 44.7 Å². The van der Waals surface area contributed by atoms with Crippen molar-refractivity contribution in [2.45, 2.75) is 38.6 Å². The van der Waals surface area contributed by atoms with Crippen molar-refractivity contribution in [3.05, 3.63) is 24.5 Å². The number of carbonyl (C=O) groups excluding carboxylic acids is 1. The number of nitrogens with zero attached hydrogens (tertiary/aromatic N) is 5. The summed E-state index contributed by atoms with van der Waals surface area (Å²) in [5, 5.41) is 2.98. The second-order valence-electron chi connectivity index (χ2n) is 8.43. The Labute approximate surface area is 173 Å². The lowest BCUT2D eigenvalue weighted by atomic mass is 10.0. The minimum absolute atomic E-state index is 0.0909. The molecule has 0 spiro atoms. The predicted octanol–water partition coefficient (Wildman–Crippen LogP) is 2.61. The Bertz CT molecular complexity index is 818. The molecular weight excluding hydrogens is 364 g/mol. The smallest absolute Gasteiger partial charge is 0.327 e. The van der Waals surface area contributed by atoms with Crippen molar-refractivity contribution < 1.29 is 4.79 Å². The number of piperidine rings is 1. The van der Waals surface area contributed by atoms with Crippen LogP contribution in [-0.4, -0.2) is 84.3 Å². The topological polar surface area (TPSA) is 56.6 Å². The summed E-state index contributed by atoms with van der Waals surface area (Å²) in [5.41, 5.74) is 2.95. The summed E-state index contributed by atoms with van der Waals surface area (Å²) in [7, 11) is 2.21. The van der Waals surface area contributed by atoms with Crippen LogP contribution in [0, 0.1) is 0 Å². The summed E-state index contributed by atoms with van der Waals surface area (Å²) in [6.07, 6.45) is 6.11. The minimum atomic E-state index is -0.0909. The molecular formula is C22H34N6O. The molecule has 4 rings (SSSR count). The maximum atomic E-state index is 12.5. The molecule has 2 fully saturated rings. The standard InChI is InChI=1S/C22H34N6O/c1-3-4-9-23-22(29)28-17-24-20-6-5-19(16-21(20)28)26-10-7-18(8-11-26)27-14-12-25(2)13-15-27/h5-6,16-18H,3-4,7-15H2,1-2H3,(H,23,29). The van der Waals surface area contributed by atoms with Crippen LogP contribution in [0.5, 0.6) is 0 Å². The number of fused-ring (bicyclic) bond motifs is 1. The third-order valence-corrected chi connectivity index (χ3v) is 6.44. The number of unbranched alkanes of at least 4 members (excludes halogenated alkanes) is 1. The van der Waals surface area contributed by atoms with Crippen molar-refractivity contribution in [3.63, 3.8) is 0 Å². The molecule has 1 aromatic carbocycles. The van der Waals surface area contributed by atoms with Crippen LogP contribution in [-0.2, 0) is 0 Å². The van der Waals surface area contributed by atoms with Crippen LogP contribution < -0.4 is 10.2 Å². The van der Waals surface area contributed by atoms with Gasteiger partial charge in [0.25, 0.3) is 0 Å². The van der Waals surface area contributed by atoms with Gasteiger partial charge < -0.3 is 15.1 Å². The fourth-order valence-electron chi connectivity index (χ4n) is 4.49. The molecule has 7 nitrogen and oxygen atoms in total. The number of amides is 1. The third kappa shape index (κ3) is 4.56. The van der Waals surface area contributed by atoms with Crippen LogP contribution in [0.2, 0.25) is 0 Å². The largest absolute Gasteiger partial charge is 0.371 e. The van der Waals surface area contributed by atoms with Crippen molar-refractivity contribution in [1.82, 2.24) is 24.7 Å². The number of hydrogen-bond acceptors (Lipinski definition) is 5. The van der Waals surface area contributed by atoms with Crippen molar-refractivity contribution in [1.29, 1.82) is 0 Å². The SMILES string of the molecule is CCCCNC(=O)n1cnc2ccc(N3CCC(N4CCN(C)CC4)CC3)cc21. The lowest BCUT2D eigenvalue weighted by Gasteiger charge is -2.42. The molecule has 2 aromatic rings. The third-order valence-electron chi connectivity index (χ3n) is 6.44. The fraction of sp³-hybridized carbons (Fsp3) is 0.636. The van der Waals surface area contributed by atoms with E-state index in [2.05, 4.69) is 51.1 Å². The average molecular weight is 399 g/mol. The molecule has 0 saturated carbocycles. The molecule has 29 heavy (non-hydrogen) atoms. The number of likely N-dealkylation sites (N-methyl/N-ethyl adjacent to an activating group) is 1.